The Hall–Kier alpha value is -2.56. The minimum atomic E-state index is 0. The zero-order valence-electron chi connectivity index (χ0n) is 16.1. The summed E-state index contributed by atoms with van der Waals surface area (Å²) in [6, 6.07) is 18.4. The van der Waals surface area contributed by atoms with Gasteiger partial charge in [-0.2, -0.15) is 0 Å². The smallest absolute Gasteiger partial charge is 0.254 e. The molecule has 5 heteroatoms. The fourth-order valence-corrected chi connectivity index (χ4v) is 3.69. The summed E-state index contributed by atoms with van der Waals surface area (Å²) in [5.74, 6) is 0.145. The molecule has 0 saturated carbocycles. The monoisotopic (exact) mass is 395 g/mol. The Labute approximate surface area is 172 Å². The first-order chi connectivity index (χ1) is 13.2. The first-order valence-corrected chi connectivity index (χ1v) is 9.49. The number of benzene rings is 2. The zero-order valence-corrected chi connectivity index (χ0v) is 16.9. The van der Waals surface area contributed by atoms with Gasteiger partial charge in [0.1, 0.15) is 0 Å². The minimum Gasteiger partial charge on any atom is -0.351 e. The number of aromatic nitrogens is 1. The van der Waals surface area contributed by atoms with Crippen molar-refractivity contribution in [2.75, 3.05) is 32.7 Å². The van der Waals surface area contributed by atoms with Crippen molar-refractivity contribution in [3.05, 3.63) is 78.0 Å². The first kappa shape index (κ1) is 20.2. The molecule has 2 heterocycles. The predicted octanol–water partition coefficient (Wildman–Crippen LogP) is 4.07. The van der Waals surface area contributed by atoms with E-state index in [2.05, 4.69) is 52.0 Å². The van der Waals surface area contributed by atoms with Crippen molar-refractivity contribution in [2.24, 2.45) is 7.05 Å². The summed E-state index contributed by atoms with van der Waals surface area (Å²) in [4.78, 5) is 17.4. The Balaban J connectivity index is 0.00000225. The molecule has 0 unspecified atom stereocenters. The Morgan fingerprint density at radius 3 is 2.46 bits per heavy atom. The number of amides is 1. The summed E-state index contributed by atoms with van der Waals surface area (Å²) in [7, 11) is 2.01. The lowest BCUT2D eigenvalue weighted by Gasteiger charge is -2.34. The number of aryl methyl sites for hydroxylation is 1. The third-order valence-corrected chi connectivity index (χ3v) is 5.29. The number of piperazine rings is 1. The van der Waals surface area contributed by atoms with Crippen molar-refractivity contribution in [1.29, 1.82) is 0 Å². The third-order valence-electron chi connectivity index (χ3n) is 5.29. The Kier molecular flexibility index (Phi) is 6.55. The van der Waals surface area contributed by atoms with Gasteiger partial charge in [-0.1, -0.05) is 48.6 Å². The third kappa shape index (κ3) is 4.29. The molecule has 0 atom stereocenters. The van der Waals surface area contributed by atoms with E-state index < -0.39 is 0 Å². The average Bonchev–Trinajstić information content (AvgIpc) is 3.10. The second kappa shape index (κ2) is 9.09. The van der Waals surface area contributed by atoms with Gasteiger partial charge in [0.05, 0.1) is 0 Å². The largest absolute Gasteiger partial charge is 0.351 e. The van der Waals surface area contributed by atoms with Gasteiger partial charge in [0, 0.05) is 62.4 Å². The molecule has 1 aromatic heterocycles. The number of carbonyl (C=O) groups excluding carboxylic acids is 1. The zero-order chi connectivity index (χ0) is 18.6. The van der Waals surface area contributed by atoms with E-state index in [0.29, 0.717) is 0 Å². The second-order valence-electron chi connectivity index (χ2n) is 7.07. The van der Waals surface area contributed by atoms with Crippen LogP contribution in [0.2, 0.25) is 0 Å². The Morgan fingerprint density at radius 2 is 1.71 bits per heavy atom. The van der Waals surface area contributed by atoms with E-state index in [1.54, 1.807) is 0 Å². The van der Waals surface area contributed by atoms with Crippen molar-refractivity contribution < 1.29 is 4.79 Å². The van der Waals surface area contributed by atoms with Gasteiger partial charge in [0.2, 0.25) is 0 Å². The van der Waals surface area contributed by atoms with E-state index in [1.165, 1.54) is 5.56 Å². The van der Waals surface area contributed by atoms with Crippen LogP contribution in [0.4, 0.5) is 0 Å². The SMILES string of the molecule is Cl.Cn1ccc2c(C(=O)N3CCN(CC=Cc4ccccc4)CC3)cccc21. The molecular weight excluding hydrogens is 370 g/mol. The van der Waals surface area contributed by atoms with Crippen LogP contribution < -0.4 is 0 Å². The van der Waals surface area contributed by atoms with Crippen LogP contribution in [-0.2, 0) is 7.05 Å². The highest BCUT2D eigenvalue weighted by molar-refractivity contribution is 6.06. The maximum atomic E-state index is 13.0. The van der Waals surface area contributed by atoms with Crippen LogP contribution in [0.25, 0.3) is 17.0 Å². The number of hydrogen-bond donors (Lipinski definition) is 0. The van der Waals surface area contributed by atoms with E-state index in [1.807, 2.05) is 42.4 Å². The Bertz CT molecular complexity index is 956. The van der Waals surface area contributed by atoms with E-state index in [4.69, 9.17) is 0 Å². The minimum absolute atomic E-state index is 0. The van der Waals surface area contributed by atoms with Crippen molar-refractivity contribution in [2.45, 2.75) is 0 Å². The number of rotatable bonds is 4. The fraction of sp³-hybridized carbons (Fsp3) is 0.261. The van der Waals surface area contributed by atoms with E-state index in [0.717, 1.165) is 49.2 Å². The molecule has 1 saturated heterocycles. The molecule has 1 aliphatic rings. The van der Waals surface area contributed by atoms with E-state index in [9.17, 15) is 4.79 Å². The van der Waals surface area contributed by atoms with Crippen LogP contribution in [0.15, 0.2) is 66.9 Å². The molecule has 3 aromatic rings. The maximum Gasteiger partial charge on any atom is 0.254 e. The van der Waals surface area contributed by atoms with Gasteiger partial charge < -0.3 is 9.47 Å². The molecule has 1 aliphatic heterocycles. The molecule has 0 N–H and O–H groups in total. The number of carbonyl (C=O) groups is 1. The number of nitrogens with zero attached hydrogens (tertiary/aromatic N) is 3. The van der Waals surface area contributed by atoms with Gasteiger partial charge in [0.15, 0.2) is 0 Å². The van der Waals surface area contributed by atoms with Crippen molar-refractivity contribution >= 4 is 35.3 Å². The molecule has 0 aliphatic carbocycles. The van der Waals surface area contributed by atoms with E-state index >= 15 is 0 Å². The van der Waals surface area contributed by atoms with Crippen LogP contribution in [-0.4, -0.2) is 53.0 Å². The molecule has 0 spiro atoms. The van der Waals surface area contributed by atoms with Gasteiger partial charge in [-0.3, -0.25) is 9.69 Å². The first-order valence-electron chi connectivity index (χ1n) is 9.49. The van der Waals surface area contributed by atoms with Crippen LogP contribution >= 0.6 is 12.4 Å². The highest BCUT2D eigenvalue weighted by Gasteiger charge is 2.23. The second-order valence-corrected chi connectivity index (χ2v) is 7.07. The molecule has 28 heavy (non-hydrogen) atoms. The van der Waals surface area contributed by atoms with Gasteiger partial charge >= 0.3 is 0 Å². The van der Waals surface area contributed by atoms with Crippen LogP contribution in [0.3, 0.4) is 0 Å². The van der Waals surface area contributed by atoms with Gasteiger partial charge in [-0.05, 0) is 23.8 Å². The summed E-state index contributed by atoms with van der Waals surface area (Å²) in [5, 5.41) is 1.04. The topological polar surface area (TPSA) is 28.5 Å². The number of fused-ring (bicyclic) bond motifs is 1. The van der Waals surface area contributed by atoms with E-state index in [-0.39, 0.29) is 18.3 Å². The molecule has 2 aromatic carbocycles. The van der Waals surface area contributed by atoms with Crippen LogP contribution in [0.5, 0.6) is 0 Å². The Morgan fingerprint density at radius 1 is 0.964 bits per heavy atom. The van der Waals surface area contributed by atoms with Gasteiger partial charge in [0.25, 0.3) is 5.91 Å². The van der Waals surface area contributed by atoms with Gasteiger partial charge in [-0.25, -0.2) is 0 Å². The van der Waals surface area contributed by atoms with Crippen LogP contribution in [0, 0.1) is 0 Å². The predicted molar refractivity (Wildman–Crippen MR) is 118 cm³/mol. The summed E-state index contributed by atoms with van der Waals surface area (Å²) >= 11 is 0. The summed E-state index contributed by atoms with van der Waals surface area (Å²) in [6.45, 7) is 4.30. The quantitative estimate of drug-likeness (QED) is 0.666. The fourth-order valence-electron chi connectivity index (χ4n) is 3.69. The van der Waals surface area contributed by atoms with Crippen molar-refractivity contribution in [3.8, 4) is 0 Å². The molecule has 4 nitrogen and oxygen atoms in total. The highest BCUT2D eigenvalue weighted by atomic mass is 35.5. The molecule has 146 valence electrons. The van der Waals surface area contributed by atoms with Crippen molar-refractivity contribution in [1.82, 2.24) is 14.4 Å². The molecule has 1 amide bonds. The van der Waals surface area contributed by atoms with Crippen LogP contribution in [0.1, 0.15) is 15.9 Å². The summed E-state index contributed by atoms with van der Waals surface area (Å²) < 4.78 is 2.06. The van der Waals surface area contributed by atoms with Crippen molar-refractivity contribution in [3.63, 3.8) is 0 Å². The molecule has 0 bridgehead atoms. The number of halogens is 1. The number of hydrogen-bond acceptors (Lipinski definition) is 2. The molecule has 1 fully saturated rings. The molecule has 0 radical (unpaired) electrons. The standard InChI is InChI=1S/C23H25N3O.ClH/c1-24-14-12-20-21(10-5-11-22(20)24)23(27)26-17-15-25(16-18-26)13-6-9-19-7-3-2-4-8-19;/h2-12,14H,13,15-18H2,1H3;1H. The normalized spacial score (nSPS) is 15.1. The maximum absolute atomic E-state index is 13.0. The molecule has 4 rings (SSSR count). The lowest BCUT2D eigenvalue weighted by atomic mass is 10.1. The lowest BCUT2D eigenvalue weighted by molar-refractivity contribution is 0.0652. The average molecular weight is 396 g/mol. The summed E-state index contributed by atoms with van der Waals surface area (Å²) in [5.41, 5.74) is 3.14. The van der Waals surface area contributed by atoms with Gasteiger partial charge in [-0.15, -0.1) is 12.4 Å². The summed E-state index contributed by atoms with van der Waals surface area (Å²) in [6.07, 6.45) is 6.38. The lowest BCUT2D eigenvalue weighted by Crippen LogP contribution is -2.48. The highest BCUT2D eigenvalue weighted by Crippen LogP contribution is 2.21. The molecular formula is C23H26ClN3O.